The summed E-state index contributed by atoms with van der Waals surface area (Å²) in [5.74, 6) is 0. The Bertz CT molecular complexity index is 386. The van der Waals surface area contributed by atoms with Gasteiger partial charge in [0.15, 0.2) is 0 Å². The van der Waals surface area contributed by atoms with Crippen LogP contribution in [0.25, 0.3) is 6.08 Å². The van der Waals surface area contributed by atoms with Crippen LogP contribution in [0.2, 0.25) is 0 Å². The molecule has 2 heteroatoms. The highest BCUT2D eigenvalue weighted by molar-refractivity contribution is 5.49. The predicted molar refractivity (Wildman–Crippen MR) is 76.4 cm³/mol. The van der Waals surface area contributed by atoms with Gasteiger partial charge in [0.25, 0.3) is 0 Å². The first-order valence-corrected chi connectivity index (χ1v) is 6.76. The van der Waals surface area contributed by atoms with Gasteiger partial charge in [-0.2, -0.15) is 0 Å². The van der Waals surface area contributed by atoms with Gasteiger partial charge in [0.2, 0.25) is 0 Å². The van der Waals surface area contributed by atoms with Gasteiger partial charge in [0, 0.05) is 18.6 Å². The summed E-state index contributed by atoms with van der Waals surface area (Å²) in [5.41, 5.74) is 2.65. The lowest BCUT2D eigenvalue weighted by molar-refractivity contribution is -0.0409. The molecule has 0 amide bonds. The zero-order valence-corrected chi connectivity index (χ0v) is 11.6. The fourth-order valence-corrected chi connectivity index (χ4v) is 2.48. The van der Waals surface area contributed by atoms with Crippen molar-refractivity contribution >= 4 is 6.08 Å². The van der Waals surface area contributed by atoms with Crippen molar-refractivity contribution in [2.45, 2.75) is 39.4 Å². The smallest absolute Gasteiger partial charge is 0.0620 e. The number of morpholine rings is 1. The molecule has 0 aromatic heterocycles. The first-order chi connectivity index (χ1) is 8.70. The molecule has 0 unspecified atom stereocenters. The van der Waals surface area contributed by atoms with Crippen molar-refractivity contribution in [2.75, 3.05) is 13.2 Å². The fourth-order valence-electron chi connectivity index (χ4n) is 2.48. The summed E-state index contributed by atoms with van der Waals surface area (Å²) in [6.07, 6.45) is 4.20. The van der Waals surface area contributed by atoms with Crippen molar-refractivity contribution in [1.29, 1.82) is 0 Å². The first kappa shape index (κ1) is 13.3. The molecule has 2 atom stereocenters. The van der Waals surface area contributed by atoms with E-state index in [0.29, 0.717) is 12.1 Å². The molecule has 1 aromatic carbocycles. The molecule has 1 aliphatic heterocycles. The summed E-state index contributed by atoms with van der Waals surface area (Å²) in [6.45, 7) is 9.24. The second-order valence-corrected chi connectivity index (χ2v) is 5.15. The highest BCUT2D eigenvalue weighted by atomic mass is 16.5. The lowest BCUT2D eigenvalue weighted by Gasteiger charge is -2.38. The predicted octanol–water partition coefficient (Wildman–Crippen LogP) is 3.33. The Labute approximate surface area is 110 Å². The van der Waals surface area contributed by atoms with Crippen molar-refractivity contribution in [3.63, 3.8) is 0 Å². The van der Waals surface area contributed by atoms with Gasteiger partial charge in [-0.1, -0.05) is 36.4 Å². The second-order valence-electron chi connectivity index (χ2n) is 5.15. The Morgan fingerprint density at radius 1 is 1.17 bits per heavy atom. The molecule has 0 aliphatic carbocycles. The minimum atomic E-state index is 0.504. The number of hydrogen-bond donors (Lipinski definition) is 0. The lowest BCUT2D eigenvalue weighted by atomic mass is 10.1. The van der Waals surface area contributed by atoms with Crippen molar-refractivity contribution in [1.82, 2.24) is 4.90 Å². The van der Waals surface area contributed by atoms with Crippen molar-refractivity contribution in [3.05, 3.63) is 41.5 Å². The zero-order chi connectivity index (χ0) is 13.0. The van der Waals surface area contributed by atoms with Gasteiger partial charge in [-0.05, 0) is 31.9 Å². The van der Waals surface area contributed by atoms with E-state index in [1.807, 2.05) is 6.92 Å². The number of hydrogen-bond acceptors (Lipinski definition) is 2. The number of allylic oxidation sites excluding steroid dienone is 1. The minimum Gasteiger partial charge on any atom is -0.378 e. The van der Waals surface area contributed by atoms with Crippen LogP contribution < -0.4 is 0 Å². The molecule has 98 valence electrons. The average molecular weight is 245 g/mol. The standard InChI is InChI=1S/C16H23NO/c1-4-5-15-6-8-16(9-7-15)10-17-13(2)11-18-12-14(17)3/h4-9,13-14H,10-12H2,1-3H3/b5-4+/t13-,14+. The van der Waals surface area contributed by atoms with Gasteiger partial charge in [0.05, 0.1) is 13.2 Å². The van der Waals surface area contributed by atoms with Crippen LogP contribution in [-0.2, 0) is 11.3 Å². The topological polar surface area (TPSA) is 12.5 Å². The number of nitrogens with zero attached hydrogens (tertiary/aromatic N) is 1. The third-order valence-electron chi connectivity index (χ3n) is 3.55. The van der Waals surface area contributed by atoms with Gasteiger partial charge < -0.3 is 4.74 Å². The first-order valence-electron chi connectivity index (χ1n) is 6.76. The lowest BCUT2D eigenvalue weighted by Crippen LogP contribution is -2.48. The highest BCUT2D eigenvalue weighted by Gasteiger charge is 2.24. The van der Waals surface area contributed by atoms with E-state index in [-0.39, 0.29) is 0 Å². The van der Waals surface area contributed by atoms with Crippen LogP contribution in [-0.4, -0.2) is 30.2 Å². The largest absolute Gasteiger partial charge is 0.378 e. The van der Waals surface area contributed by atoms with Gasteiger partial charge in [-0.15, -0.1) is 0 Å². The van der Waals surface area contributed by atoms with Crippen LogP contribution in [0.1, 0.15) is 31.9 Å². The molecule has 1 fully saturated rings. The molecule has 0 spiro atoms. The Kier molecular flexibility index (Phi) is 4.56. The maximum absolute atomic E-state index is 5.56. The molecule has 2 rings (SSSR count). The molecule has 0 radical (unpaired) electrons. The number of benzene rings is 1. The maximum Gasteiger partial charge on any atom is 0.0620 e. The van der Waals surface area contributed by atoms with Crippen LogP contribution in [0.5, 0.6) is 0 Å². The molecule has 0 bridgehead atoms. The molecule has 2 nitrogen and oxygen atoms in total. The van der Waals surface area contributed by atoms with Crippen LogP contribution in [0.15, 0.2) is 30.3 Å². The minimum absolute atomic E-state index is 0.504. The molecule has 0 saturated carbocycles. The Hall–Kier alpha value is -1.12. The van der Waals surface area contributed by atoms with Gasteiger partial charge in [-0.25, -0.2) is 0 Å². The monoisotopic (exact) mass is 245 g/mol. The zero-order valence-electron chi connectivity index (χ0n) is 11.6. The fraction of sp³-hybridized carbons (Fsp3) is 0.500. The second kappa shape index (κ2) is 6.17. The molecular formula is C16H23NO. The van der Waals surface area contributed by atoms with E-state index in [1.165, 1.54) is 11.1 Å². The van der Waals surface area contributed by atoms with Crippen molar-refractivity contribution in [3.8, 4) is 0 Å². The van der Waals surface area contributed by atoms with E-state index in [0.717, 1.165) is 19.8 Å². The van der Waals surface area contributed by atoms with Crippen LogP contribution in [0, 0.1) is 0 Å². The Morgan fingerprint density at radius 3 is 2.33 bits per heavy atom. The van der Waals surface area contributed by atoms with Crippen LogP contribution in [0.4, 0.5) is 0 Å². The third kappa shape index (κ3) is 3.21. The summed E-state index contributed by atoms with van der Waals surface area (Å²) < 4.78 is 5.56. The van der Waals surface area contributed by atoms with Crippen molar-refractivity contribution < 1.29 is 4.74 Å². The van der Waals surface area contributed by atoms with E-state index in [1.54, 1.807) is 0 Å². The van der Waals surface area contributed by atoms with E-state index < -0.39 is 0 Å². The van der Waals surface area contributed by atoms with E-state index in [2.05, 4.69) is 55.2 Å². The molecule has 18 heavy (non-hydrogen) atoms. The molecular weight excluding hydrogens is 222 g/mol. The van der Waals surface area contributed by atoms with E-state index in [4.69, 9.17) is 4.74 Å². The summed E-state index contributed by atoms with van der Waals surface area (Å²) in [7, 11) is 0. The maximum atomic E-state index is 5.56. The SMILES string of the molecule is C/C=C/c1ccc(CN2[C@H](C)COC[C@@H]2C)cc1. The Morgan fingerprint density at radius 2 is 1.78 bits per heavy atom. The summed E-state index contributed by atoms with van der Waals surface area (Å²) in [5, 5.41) is 0. The van der Waals surface area contributed by atoms with Crippen molar-refractivity contribution in [2.24, 2.45) is 0 Å². The number of rotatable bonds is 3. The quantitative estimate of drug-likeness (QED) is 0.810. The Balaban J connectivity index is 2.03. The summed E-state index contributed by atoms with van der Waals surface area (Å²) >= 11 is 0. The van der Waals surface area contributed by atoms with Gasteiger partial charge in [-0.3, -0.25) is 4.90 Å². The molecule has 1 saturated heterocycles. The molecule has 1 aromatic rings. The molecule has 1 aliphatic rings. The van der Waals surface area contributed by atoms with E-state index in [9.17, 15) is 0 Å². The van der Waals surface area contributed by atoms with Crippen LogP contribution in [0.3, 0.4) is 0 Å². The van der Waals surface area contributed by atoms with Gasteiger partial charge in [0.1, 0.15) is 0 Å². The van der Waals surface area contributed by atoms with E-state index >= 15 is 0 Å². The van der Waals surface area contributed by atoms with Gasteiger partial charge >= 0.3 is 0 Å². The summed E-state index contributed by atoms with van der Waals surface area (Å²) in [6, 6.07) is 9.83. The molecule has 0 N–H and O–H groups in total. The third-order valence-corrected chi connectivity index (χ3v) is 3.55. The normalized spacial score (nSPS) is 25.7. The van der Waals surface area contributed by atoms with Crippen LogP contribution >= 0.6 is 0 Å². The summed E-state index contributed by atoms with van der Waals surface area (Å²) in [4.78, 5) is 2.52. The highest BCUT2D eigenvalue weighted by Crippen LogP contribution is 2.17. The average Bonchev–Trinajstić information content (AvgIpc) is 2.36. The molecule has 1 heterocycles. The number of ether oxygens (including phenoxy) is 1.